The second-order valence-corrected chi connectivity index (χ2v) is 7.85. The number of ether oxygens (including phenoxy) is 3. The number of carbonyl (C=O) groups excluding carboxylic acids is 1. The van der Waals surface area contributed by atoms with E-state index in [-0.39, 0.29) is 6.61 Å². The van der Waals surface area contributed by atoms with Crippen LogP contribution < -0.4 is 10.2 Å². The second-order valence-electron chi connectivity index (χ2n) is 7.46. The fourth-order valence-electron chi connectivity index (χ4n) is 3.70. The van der Waals surface area contributed by atoms with E-state index in [4.69, 9.17) is 26.4 Å². The van der Waals surface area contributed by atoms with Crippen LogP contribution >= 0.6 is 12.2 Å². The number of aromatic amines is 1. The van der Waals surface area contributed by atoms with Crippen molar-refractivity contribution in [2.45, 2.75) is 26.3 Å². The van der Waals surface area contributed by atoms with Crippen molar-refractivity contribution in [1.29, 1.82) is 0 Å². The molecule has 0 radical (unpaired) electrons. The van der Waals surface area contributed by atoms with Gasteiger partial charge in [0.25, 0.3) is 0 Å². The minimum absolute atomic E-state index is 0.285. The Morgan fingerprint density at radius 1 is 1.12 bits per heavy atom. The van der Waals surface area contributed by atoms with Crippen molar-refractivity contribution in [2.75, 3.05) is 24.7 Å². The first-order valence-corrected chi connectivity index (χ1v) is 11.3. The summed E-state index contributed by atoms with van der Waals surface area (Å²) in [5.41, 5.74) is 4.03. The Bertz CT molecular complexity index is 1080. The maximum Gasteiger partial charge on any atom is 0.356 e. The van der Waals surface area contributed by atoms with Crippen molar-refractivity contribution < 1.29 is 19.0 Å². The van der Waals surface area contributed by atoms with Crippen LogP contribution in [-0.4, -0.2) is 35.9 Å². The SMILES string of the molecule is CCOC(=O)c1[nH]ccc1N(Cc1ccccc1C1OCCO1)C(=S)NCc1ccccc1. The molecule has 2 heterocycles. The molecular weight excluding hydrogens is 438 g/mol. The Hall–Kier alpha value is -3.20. The van der Waals surface area contributed by atoms with E-state index in [0.29, 0.717) is 42.8 Å². The highest BCUT2D eigenvalue weighted by Gasteiger charge is 2.26. The van der Waals surface area contributed by atoms with Crippen LogP contribution in [0.1, 0.15) is 40.4 Å². The van der Waals surface area contributed by atoms with E-state index in [2.05, 4.69) is 10.3 Å². The molecule has 0 spiro atoms. The van der Waals surface area contributed by atoms with Crippen molar-refractivity contribution in [1.82, 2.24) is 10.3 Å². The van der Waals surface area contributed by atoms with E-state index in [1.807, 2.05) is 65.6 Å². The minimum atomic E-state index is -0.427. The predicted molar refractivity (Wildman–Crippen MR) is 130 cm³/mol. The fraction of sp³-hybridized carbons (Fsp3) is 0.280. The van der Waals surface area contributed by atoms with Crippen LogP contribution in [0.3, 0.4) is 0 Å². The third-order valence-electron chi connectivity index (χ3n) is 5.29. The molecule has 0 atom stereocenters. The highest BCUT2D eigenvalue weighted by Crippen LogP contribution is 2.29. The van der Waals surface area contributed by atoms with Crippen molar-refractivity contribution in [3.05, 3.63) is 89.2 Å². The molecule has 1 fully saturated rings. The van der Waals surface area contributed by atoms with Crippen LogP contribution in [0.25, 0.3) is 0 Å². The zero-order chi connectivity index (χ0) is 23.0. The molecule has 2 aromatic carbocycles. The van der Waals surface area contributed by atoms with Gasteiger partial charge in [-0.05, 0) is 36.3 Å². The Kier molecular flexibility index (Phi) is 7.72. The molecule has 4 rings (SSSR count). The van der Waals surface area contributed by atoms with Gasteiger partial charge in [-0.3, -0.25) is 0 Å². The van der Waals surface area contributed by atoms with Crippen molar-refractivity contribution >= 4 is 29.0 Å². The molecule has 0 unspecified atom stereocenters. The highest BCUT2D eigenvalue weighted by molar-refractivity contribution is 7.80. The van der Waals surface area contributed by atoms with E-state index in [1.54, 1.807) is 13.1 Å². The highest BCUT2D eigenvalue weighted by atomic mass is 32.1. The number of rotatable bonds is 8. The van der Waals surface area contributed by atoms with Crippen LogP contribution in [0.4, 0.5) is 5.69 Å². The zero-order valence-corrected chi connectivity index (χ0v) is 19.3. The Morgan fingerprint density at radius 2 is 1.85 bits per heavy atom. The summed E-state index contributed by atoms with van der Waals surface area (Å²) in [6.07, 6.45) is 1.30. The number of esters is 1. The number of hydrogen-bond donors (Lipinski definition) is 2. The molecule has 0 saturated carbocycles. The normalized spacial score (nSPS) is 13.6. The summed E-state index contributed by atoms with van der Waals surface area (Å²) in [7, 11) is 0. The van der Waals surface area contributed by atoms with E-state index >= 15 is 0 Å². The molecule has 1 aliphatic rings. The van der Waals surface area contributed by atoms with Crippen LogP contribution in [0, 0.1) is 0 Å². The van der Waals surface area contributed by atoms with E-state index in [9.17, 15) is 4.79 Å². The summed E-state index contributed by atoms with van der Waals surface area (Å²) in [4.78, 5) is 17.5. The maximum atomic E-state index is 12.6. The molecule has 0 bridgehead atoms. The average Bonchev–Trinajstić information content (AvgIpc) is 3.55. The van der Waals surface area contributed by atoms with Gasteiger partial charge < -0.3 is 29.4 Å². The smallest absolute Gasteiger partial charge is 0.356 e. The molecule has 0 amide bonds. The third-order valence-corrected chi connectivity index (χ3v) is 5.65. The molecule has 33 heavy (non-hydrogen) atoms. The molecule has 1 saturated heterocycles. The van der Waals surface area contributed by atoms with Gasteiger partial charge in [-0.25, -0.2) is 4.79 Å². The number of aromatic nitrogens is 1. The van der Waals surface area contributed by atoms with Crippen LogP contribution in [-0.2, 0) is 27.3 Å². The molecule has 1 aromatic heterocycles. The molecule has 2 N–H and O–H groups in total. The van der Waals surface area contributed by atoms with Crippen molar-refractivity contribution in [3.63, 3.8) is 0 Å². The Balaban J connectivity index is 1.63. The summed E-state index contributed by atoms with van der Waals surface area (Å²) in [5.74, 6) is -0.427. The first kappa shape index (κ1) is 23.0. The van der Waals surface area contributed by atoms with E-state index < -0.39 is 12.3 Å². The van der Waals surface area contributed by atoms with Crippen molar-refractivity contribution in [3.8, 4) is 0 Å². The Labute approximate surface area is 198 Å². The zero-order valence-electron chi connectivity index (χ0n) is 18.5. The molecule has 0 aliphatic carbocycles. The standard InChI is InChI=1S/C25H27N3O4S/c1-2-30-23(29)22-21(12-13-26-22)28(25(33)27-16-18-8-4-3-5-9-18)17-19-10-6-7-11-20(19)24-31-14-15-32-24/h3-13,24,26H,2,14-17H2,1H3,(H,27,33). The van der Waals surface area contributed by atoms with Gasteiger partial charge >= 0.3 is 5.97 Å². The molecule has 172 valence electrons. The number of nitrogens with zero attached hydrogens (tertiary/aromatic N) is 1. The lowest BCUT2D eigenvalue weighted by molar-refractivity contribution is -0.0447. The van der Waals surface area contributed by atoms with Gasteiger partial charge in [0.1, 0.15) is 5.69 Å². The lowest BCUT2D eigenvalue weighted by Gasteiger charge is -2.27. The van der Waals surface area contributed by atoms with Gasteiger partial charge in [0.05, 0.1) is 32.1 Å². The van der Waals surface area contributed by atoms with Gasteiger partial charge in [0, 0.05) is 18.3 Å². The second kappa shape index (κ2) is 11.1. The number of benzene rings is 2. The quantitative estimate of drug-likeness (QED) is 0.379. The molecule has 8 heteroatoms. The number of H-pyrrole nitrogens is 1. The summed E-state index contributed by atoms with van der Waals surface area (Å²) in [5, 5.41) is 3.82. The predicted octanol–water partition coefficient (Wildman–Crippen LogP) is 4.32. The van der Waals surface area contributed by atoms with Gasteiger partial charge in [0.15, 0.2) is 11.4 Å². The average molecular weight is 466 g/mol. The van der Waals surface area contributed by atoms with Crippen molar-refractivity contribution in [2.24, 2.45) is 0 Å². The summed E-state index contributed by atoms with van der Waals surface area (Å²) in [6.45, 7) is 4.17. The summed E-state index contributed by atoms with van der Waals surface area (Å²) >= 11 is 5.80. The van der Waals surface area contributed by atoms with Gasteiger partial charge in [-0.15, -0.1) is 0 Å². The molecular formula is C25H27N3O4S. The summed E-state index contributed by atoms with van der Waals surface area (Å²) in [6, 6.07) is 19.8. The Morgan fingerprint density at radius 3 is 2.61 bits per heavy atom. The number of anilines is 1. The van der Waals surface area contributed by atoms with E-state index in [0.717, 1.165) is 16.7 Å². The molecule has 1 aliphatic heterocycles. The molecule has 3 aromatic rings. The number of carbonyl (C=O) groups is 1. The molecule has 7 nitrogen and oxygen atoms in total. The maximum absolute atomic E-state index is 12.6. The first-order chi connectivity index (χ1) is 16.2. The fourth-order valence-corrected chi connectivity index (χ4v) is 3.94. The lowest BCUT2D eigenvalue weighted by atomic mass is 10.1. The first-order valence-electron chi connectivity index (χ1n) is 10.9. The third kappa shape index (κ3) is 5.60. The number of hydrogen-bond acceptors (Lipinski definition) is 5. The number of thiocarbonyl (C=S) groups is 1. The van der Waals surface area contributed by atoms with Gasteiger partial charge in [-0.2, -0.15) is 0 Å². The topological polar surface area (TPSA) is 75.8 Å². The lowest BCUT2D eigenvalue weighted by Crippen LogP contribution is -2.40. The van der Waals surface area contributed by atoms with Crippen LogP contribution in [0.2, 0.25) is 0 Å². The van der Waals surface area contributed by atoms with E-state index in [1.165, 1.54) is 0 Å². The van der Waals surface area contributed by atoms with Gasteiger partial charge in [-0.1, -0.05) is 54.6 Å². The number of nitrogens with one attached hydrogen (secondary N) is 2. The van der Waals surface area contributed by atoms with Crippen LogP contribution in [0.5, 0.6) is 0 Å². The minimum Gasteiger partial charge on any atom is -0.461 e. The monoisotopic (exact) mass is 465 g/mol. The van der Waals surface area contributed by atoms with Gasteiger partial charge in [0.2, 0.25) is 0 Å². The summed E-state index contributed by atoms with van der Waals surface area (Å²) < 4.78 is 16.7. The van der Waals surface area contributed by atoms with Crippen LogP contribution in [0.15, 0.2) is 66.9 Å². The largest absolute Gasteiger partial charge is 0.461 e.